The Kier molecular flexibility index (Phi) is 8.81. The molecule has 1 aromatic carbocycles. The predicted molar refractivity (Wildman–Crippen MR) is 78.6 cm³/mol. The highest BCUT2D eigenvalue weighted by molar-refractivity contribution is 6.30. The van der Waals surface area contributed by atoms with Crippen molar-refractivity contribution in [2.24, 2.45) is 0 Å². The first-order valence-corrected chi connectivity index (χ1v) is 6.14. The zero-order valence-electron chi connectivity index (χ0n) is 10.8. The fourth-order valence-electron chi connectivity index (χ4n) is 1.50. The van der Waals surface area contributed by atoms with Gasteiger partial charge in [-0.05, 0) is 31.2 Å². The third kappa shape index (κ3) is 6.24. The van der Waals surface area contributed by atoms with Gasteiger partial charge in [-0.3, -0.25) is 4.79 Å². The number of nitrogens with zero attached hydrogens (tertiary/aromatic N) is 1. The van der Waals surface area contributed by atoms with Crippen molar-refractivity contribution in [2.75, 3.05) is 27.2 Å². The van der Waals surface area contributed by atoms with Crippen LogP contribution < -0.4 is 5.32 Å². The monoisotopic (exact) mass is 290 g/mol. The largest absolute Gasteiger partial charge is 0.344 e. The molecule has 0 spiro atoms. The molecule has 3 nitrogen and oxygen atoms in total. The Morgan fingerprint density at radius 2 is 1.94 bits per heavy atom. The lowest BCUT2D eigenvalue weighted by atomic mass is 10.1. The van der Waals surface area contributed by atoms with Gasteiger partial charge in [0.05, 0.1) is 0 Å². The lowest BCUT2D eigenvalue weighted by Crippen LogP contribution is -2.32. The highest BCUT2D eigenvalue weighted by Gasteiger charge is 2.07. The van der Waals surface area contributed by atoms with Crippen molar-refractivity contribution in [3.05, 3.63) is 34.9 Å². The molecule has 0 fully saturated rings. The molecule has 0 aliphatic heterocycles. The van der Waals surface area contributed by atoms with Crippen LogP contribution in [-0.2, 0) is 11.2 Å². The summed E-state index contributed by atoms with van der Waals surface area (Å²) in [6.45, 7) is 1.57. The Bertz CT molecular complexity index is 355. The summed E-state index contributed by atoms with van der Waals surface area (Å²) in [6, 6.07) is 7.63. The van der Waals surface area contributed by atoms with Crippen LogP contribution in [0.5, 0.6) is 0 Å². The summed E-state index contributed by atoms with van der Waals surface area (Å²) in [4.78, 5) is 13.5. The maximum Gasteiger partial charge on any atom is 0.222 e. The van der Waals surface area contributed by atoms with E-state index in [4.69, 9.17) is 11.6 Å². The second-order valence-corrected chi connectivity index (χ2v) is 4.48. The fraction of sp³-hybridized carbons (Fsp3) is 0.462. The second-order valence-electron chi connectivity index (χ2n) is 4.05. The van der Waals surface area contributed by atoms with E-state index in [-0.39, 0.29) is 18.3 Å². The molecule has 102 valence electrons. The lowest BCUT2D eigenvalue weighted by molar-refractivity contribution is -0.129. The molecule has 0 unspecified atom stereocenters. The van der Waals surface area contributed by atoms with E-state index in [1.165, 1.54) is 0 Å². The molecule has 0 heterocycles. The maximum atomic E-state index is 11.8. The highest BCUT2D eigenvalue weighted by atomic mass is 35.5. The lowest BCUT2D eigenvalue weighted by Gasteiger charge is -2.16. The first kappa shape index (κ1) is 17.2. The predicted octanol–water partition coefficient (Wildman–Crippen LogP) is 2.37. The molecule has 0 saturated carbocycles. The van der Waals surface area contributed by atoms with Gasteiger partial charge in [0.25, 0.3) is 0 Å². The van der Waals surface area contributed by atoms with E-state index in [1.807, 2.05) is 38.4 Å². The highest BCUT2D eigenvalue weighted by Crippen LogP contribution is 2.11. The number of amides is 1. The second kappa shape index (κ2) is 9.20. The van der Waals surface area contributed by atoms with Crippen molar-refractivity contribution >= 4 is 29.9 Å². The Morgan fingerprint density at radius 1 is 1.33 bits per heavy atom. The van der Waals surface area contributed by atoms with Gasteiger partial charge < -0.3 is 10.2 Å². The molecule has 0 aliphatic carbocycles. The zero-order chi connectivity index (χ0) is 12.7. The first-order chi connectivity index (χ1) is 8.13. The number of hydrogen-bond acceptors (Lipinski definition) is 2. The minimum Gasteiger partial charge on any atom is -0.344 e. The van der Waals surface area contributed by atoms with Gasteiger partial charge in [0.1, 0.15) is 0 Å². The Labute approximate surface area is 120 Å². The summed E-state index contributed by atoms with van der Waals surface area (Å²) in [7, 11) is 3.72. The van der Waals surface area contributed by atoms with E-state index in [2.05, 4.69) is 5.32 Å². The number of rotatable bonds is 6. The van der Waals surface area contributed by atoms with Crippen molar-refractivity contribution in [3.63, 3.8) is 0 Å². The van der Waals surface area contributed by atoms with Gasteiger partial charge in [-0.2, -0.15) is 0 Å². The summed E-state index contributed by atoms with van der Waals surface area (Å²) < 4.78 is 0. The number of benzene rings is 1. The van der Waals surface area contributed by atoms with Gasteiger partial charge in [-0.1, -0.05) is 23.7 Å². The summed E-state index contributed by atoms with van der Waals surface area (Å²) in [5.41, 5.74) is 1.14. The molecule has 0 radical (unpaired) electrons. The number of aryl methyl sites for hydroxylation is 1. The average molecular weight is 291 g/mol. The van der Waals surface area contributed by atoms with Crippen LogP contribution in [0, 0.1) is 0 Å². The summed E-state index contributed by atoms with van der Waals surface area (Å²) in [5, 5.41) is 3.75. The van der Waals surface area contributed by atoms with Crippen molar-refractivity contribution in [3.8, 4) is 0 Å². The molecule has 0 aromatic heterocycles. The molecule has 1 amide bonds. The number of carbonyl (C=O) groups is 1. The molecule has 1 rings (SSSR count). The van der Waals surface area contributed by atoms with E-state index in [0.29, 0.717) is 6.42 Å². The van der Waals surface area contributed by atoms with Crippen LogP contribution in [0.2, 0.25) is 5.02 Å². The smallest absolute Gasteiger partial charge is 0.222 e. The molecule has 0 atom stereocenters. The Hall–Kier alpha value is -0.770. The summed E-state index contributed by atoms with van der Waals surface area (Å²) >= 11 is 5.80. The van der Waals surface area contributed by atoms with Gasteiger partial charge >= 0.3 is 0 Å². The van der Waals surface area contributed by atoms with Crippen LogP contribution >= 0.6 is 24.0 Å². The van der Waals surface area contributed by atoms with Crippen LogP contribution in [0.4, 0.5) is 0 Å². The number of carbonyl (C=O) groups excluding carboxylic acids is 1. The fourth-order valence-corrected chi connectivity index (χ4v) is 1.62. The topological polar surface area (TPSA) is 32.3 Å². The van der Waals surface area contributed by atoms with Crippen LogP contribution in [0.3, 0.4) is 0 Å². The van der Waals surface area contributed by atoms with Crippen molar-refractivity contribution in [1.29, 1.82) is 0 Å². The standard InChI is InChI=1S/C13H19ClN2O.ClH/c1-15-9-10-16(2)13(17)8-5-11-3-6-12(14)7-4-11;/h3-4,6-7,15H,5,8-10H2,1-2H3;1H. The average Bonchev–Trinajstić information content (AvgIpc) is 2.34. The number of hydrogen-bond donors (Lipinski definition) is 1. The molecular weight excluding hydrogens is 271 g/mol. The Balaban J connectivity index is 0.00000289. The van der Waals surface area contributed by atoms with Crippen LogP contribution in [0.15, 0.2) is 24.3 Å². The minimum atomic E-state index is 0. The quantitative estimate of drug-likeness (QED) is 0.872. The van der Waals surface area contributed by atoms with Gasteiger partial charge in [0.15, 0.2) is 0 Å². The van der Waals surface area contributed by atoms with Gasteiger partial charge in [-0.25, -0.2) is 0 Å². The van der Waals surface area contributed by atoms with Crippen LogP contribution in [0.1, 0.15) is 12.0 Å². The van der Waals surface area contributed by atoms with Crippen LogP contribution in [-0.4, -0.2) is 38.0 Å². The van der Waals surface area contributed by atoms with E-state index < -0.39 is 0 Å². The number of halogens is 2. The first-order valence-electron chi connectivity index (χ1n) is 5.76. The van der Waals surface area contributed by atoms with Gasteiger partial charge in [-0.15, -0.1) is 12.4 Å². The molecule has 5 heteroatoms. The third-order valence-corrected chi connectivity index (χ3v) is 2.92. The number of nitrogens with one attached hydrogen (secondary N) is 1. The van der Waals surface area contributed by atoms with Crippen LogP contribution in [0.25, 0.3) is 0 Å². The van der Waals surface area contributed by atoms with E-state index in [9.17, 15) is 4.79 Å². The van der Waals surface area contributed by atoms with Gasteiger partial charge in [0, 0.05) is 31.6 Å². The van der Waals surface area contributed by atoms with Crippen molar-refractivity contribution in [2.45, 2.75) is 12.8 Å². The Morgan fingerprint density at radius 3 is 2.50 bits per heavy atom. The maximum absolute atomic E-state index is 11.8. The normalized spacial score (nSPS) is 9.72. The van der Waals surface area contributed by atoms with Crippen molar-refractivity contribution in [1.82, 2.24) is 10.2 Å². The molecule has 1 aromatic rings. The molecule has 18 heavy (non-hydrogen) atoms. The molecule has 0 saturated heterocycles. The summed E-state index contributed by atoms with van der Waals surface area (Å²) in [6.07, 6.45) is 1.31. The summed E-state index contributed by atoms with van der Waals surface area (Å²) in [5.74, 6) is 0.176. The molecule has 0 bridgehead atoms. The third-order valence-electron chi connectivity index (χ3n) is 2.66. The SMILES string of the molecule is CNCCN(C)C(=O)CCc1ccc(Cl)cc1.Cl. The van der Waals surface area contributed by atoms with Crippen molar-refractivity contribution < 1.29 is 4.79 Å². The zero-order valence-corrected chi connectivity index (χ0v) is 12.4. The van der Waals surface area contributed by atoms with E-state index in [1.54, 1.807) is 4.90 Å². The minimum absolute atomic E-state index is 0. The van der Waals surface area contributed by atoms with E-state index in [0.717, 1.165) is 30.1 Å². The van der Waals surface area contributed by atoms with Gasteiger partial charge in [0.2, 0.25) is 5.91 Å². The number of likely N-dealkylation sites (N-methyl/N-ethyl adjacent to an activating group) is 2. The molecule has 0 aliphatic rings. The molecule has 1 N–H and O–H groups in total. The molecular formula is C13H20Cl2N2O. The van der Waals surface area contributed by atoms with E-state index >= 15 is 0 Å².